The van der Waals surface area contributed by atoms with Gasteiger partial charge in [-0.1, -0.05) is 11.6 Å². The summed E-state index contributed by atoms with van der Waals surface area (Å²) in [7, 11) is 0. The summed E-state index contributed by atoms with van der Waals surface area (Å²) in [5.41, 5.74) is -0.247. The molecular weight excluding hydrogens is 312 g/mol. The summed E-state index contributed by atoms with van der Waals surface area (Å²) < 4.78 is 27.4. The molecule has 4 nitrogen and oxygen atoms in total. The third-order valence-electron chi connectivity index (χ3n) is 4.36. The van der Waals surface area contributed by atoms with Gasteiger partial charge < -0.3 is 10.2 Å². The second-order valence-corrected chi connectivity index (χ2v) is 6.13. The zero-order valence-electron chi connectivity index (χ0n) is 12.1. The zero-order valence-corrected chi connectivity index (χ0v) is 12.9. The van der Waals surface area contributed by atoms with Crippen LogP contribution < -0.4 is 5.32 Å². The van der Waals surface area contributed by atoms with E-state index >= 15 is 0 Å². The Kier molecular flexibility index (Phi) is 4.61. The summed E-state index contributed by atoms with van der Waals surface area (Å²) in [6.45, 7) is 4.93. The summed E-state index contributed by atoms with van der Waals surface area (Å²) in [6.07, 6.45) is 0.865. The molecule has 0 spiro atoms. The van der Waals surface area contributed by atoms with Crippen molar-refractivity contribution in [3.8, 4) is 0 Å². The number of carbonyl (C=O) groups excluding carboxylic acids is 1. The summed E-state index contributed by atoms with van der Waals surface area (Å²) in [4.78, 5) is 16.4. The van der Waals surface area contributed by atoms with Gasteiger partial charge in [-0.15, -0.1) is 0 Å². The van der Waals surface area contributed by atoms with Crippen molar-refractivity contribution >= 4 is 17.5 Å². The lowest BCUT2D eigenvalue weighted by atomic mass is 10.1. The molecule has 1 amide bonds. The molecule has 1 N–H and O–H groups in total. The highest BCUT2D eigenvalue weighted by Crippen LogP contribution is 2.23. The van der Waals surface area contributed by atoms with Crippen molar-refractivity contribution in [3.05, 3.63) is 34.4 Å². The number of benzene rings is 1. The third-order valence-corrected chi connectivity index (χ3v) is 4.65. The van der Waals surface area contributed by atoms with Crippen LogP contribution in [0.2, 0.25) is 5.02 Å². The molecule has 0 aliphatic carbocycles. The van der Waals surface area contributed by atoms with Crippen LogP contribution in [0.15, 0.2) is 12.1 Å². The van der Waals surface area contributed by atoms with Crippen LogP contribution in [0.1, 0.15) is 16.8 Å². The smallest absolute Gasteiger partial charge is 0.256 e. The van der Waals surface area contributed by atoms with Crippen LogP contribution in [0, 0.1) is 11.6 Å². The molecule has 0 bridgehead atoms. The van der Waals surface area contributed by atoms with Gasteiger partial charge in [0.15, 0.2) is 0 Å². The molecule has 1 atom stereocenters. The normalized spacial score (nSPS) is 23.0. The van der Waals surface area contributed by atoms with Gasteiger partial charge >= 0.3 is 0 Å². The largest absolute Gasteiger partial charge is 0.337 e. The Labute approximate surface area is 133 Å². The number of hydrogen-bond acceptors (Lipinski definition) is 3. The monoisotopic (exact) mass is 329 g/mol. The van der Waals surface area contributed by atoms with Crippen molar-refractivity contribution in [2.75, 3.05) is 39.3 Å². The van der Waals surface area contributed by atoms with Crippen LogP contribution in [-0.2, 0) is 0 Å². The molecule has 0 saturated carbocycles. The molecule has 1 aromatic rings. The topological polar surface area (TPSA) is 35.6 Å². The van der Waals surface area contributed by atoms with Gasteiger partial charge in [-0.25, -0.2) is 8.78 Å². The van der Waals surface area contributed by atoms with Crippen molar-refractivity contribution in [2.45, 2.75) is 12.5 Å². The highest BCUT2D eigenvalue weighted by Gasteiger charge is 2.32. The van der Waals surface area contributed by atoms with E-state index in [0.717, 1.165) is 44.7 Å². The molecular formula is C15H18ClF2N3O. The predicted octanol–water partition coefficient (Wildman–Crippen LogP) is 1.74. The minimum atomic E-state index is -0.776. The van der Waals surface area contributed by atoms with Gasteiger partial charge in [-0.05, 0) is 18.6 Å². The van der Waals surface area contributed by atoms with Crippen LogP contribution in [-0.4, -0.2) is 61.0 Å². The van der Waals surface area contributed by atoms with Crippen LogP contribution in [0.3, 0.4) is 0 Å². The molecule has 2 saturated heterocycles. The molecule has 2 aliphatic heterocycles. The number of nitrogens with one attached hydrogen (secondary N) is 1. The number of rotatable bonds is 2. The Morgan fingerprint density at radius 1 is 1.18 bits per heavy atom. The molecule has 22 heavy (non-hydrogen) atoms. The number of halogens is 3. The lowest BCUT2D eigenvalue weighted by Gasteiger charge is -2.32. The van der Waals surface area contributed by atoms with E-state index in [1.165, 1.54) is 0 Å². The minimum Gasteiger partial charge on any atom is -0.337 e. The predicted molar refractivity (Wildman–Crippen MR) is 80.1 cm³/mol. The summed E-state index contributed by atoms with van der Waals surface area (Å²) in [5.74, 6) is -2.02. The molecule has 3 rings (SSSR count). The van der Waals surface area contributed by atoms with Crippen molar-refractivity contribution in [1.82, 2.24) is 15.1 Å². The van der Waals surface area contributed by atoms with Crippen LogP contribution >= 0.6 is 11.6 Å². The maximum Gasteiger partial charge on any atom is 0.256 e. The summed E-state index contributed by atoms with van der Waals surface area (Å²) >= 11 is 5.52. The molecule has 0 aromatic heterocycles. The first kappa shape index (κ1) is 15.6. The molecule has 0 radical (unpaired) electrons. The van der Waals surface area contributed by atoms with E-state index in [9.17, 15) is 13.6 Å². The average molecular weight is 330 g/mol. The van der Waals surface area contributed by atoms with Gasteiger partial charge in [-0.3, -0.25) is 9.69 Å². The van der Waals surface area contributed by atoms with E-state index in [0.29, 0.717) is 19.1 Å². The average Bonchev–Trinajstić information content (AvgIpc) is 3.01. The fourth-order valence-corrected chi connectivity index (χ4v) is 3.28. The number of likely N-dealkylation sites (tertiary alicyclic amines) is 1. The molecule has 2 aliphatic rings. The van der Waals surface area contributed by atoms with Gasteiger partial charge in [0.2, 0.25) is 0 Å². The van der Waals surface area contributed by atoms with E-state index < -0.39 is 17.5 Å². The van der Waals surface area contributed by atoms with Crippen LogP contribution in [0.25, 0.3) is 0 Å². The van der Waals surface area contributed by atoms with Crippen LogP contribution in [0.5, 0.6) is 0 Å². The zero-order chi connectivity index (χ0) is 15.7. The first-order chi connectivity index (χ1) is 10.6. The molecule has 2 heterocycles. The number of amides is 1. The lowest BCUT2D eigenvalue weighted by molar-refractivity contribution is 0.0768. The maximum absolute atomic E-state index is 13.9. The third kappa shape index (κ3) is 3.09. The van der Waals surface area contributed by atoms with E-state index in [1.807, 2.05) is 0 Å². The first-order valence-electron chi connectivity index (χ1n) is 7.45. The molecule has 2 fully saturated rings. The fourth-order valence-electron chi connectivity index (χ4n) is 3.13. The number of carbonyl (C=O) groups is 1. The maximum atomic E-state index is 13.9. The Bertz CT molecular complexity index is 578. The highest BCUT2D eigenvalue weighted by atomic mass is 35.5. The minimum absolute atomic E-state index is 0.247. The molecule has 7 heteroatoms. The standard InChI is InChI=1S/C15H18ClF2N3O/c16-12-8-13(17)11(7-14(12)18)15(22)21-4-1-10(9-21)20-5-2-19-3-6-20/h7-8,10,19H,1-6,9H2. The van der Waals surface area contributed by atoms with Gasteiger partial charge in [0.1, 0.15) is 11.6 Å². The van der Waals surface area contributed by atoms with Crippen molar-refractivity contribution in [3.63, 3.8) is 0 Å². The van der Waals surface area contributed by atoms with E-state index in [-0.39, 0.29) is 10.6 Å². The number of nitrogens with zero attached hydrogens (tertiary/aromatic N) is 2. The number of hydrogen-bond donors (Lipinski definition) is 1. The van der Waals surface area contributed by atoms with Gasteiger partial charge in [0, 0.05) is 45.3 Å². The van der Waals surface area contributed by atoms with E-state index in [1.54, 1.807) is 4.90 Å². The highest BCUT2D eigenvalue weighted by molar-refractivity contribution is 6.30. The van der Waals surface area contributed by atoms with Crippen molar-refractivity contribution in [2.24, 2.45) is 0 Å². The van der Waals surface area contributed by atoms with Crippen molar-refractivity contribution in [1.29, 1.82) is 0 Å². The van der Waals surface area contributed by atoms with Gasteiger partial charge in [0.05, 0.1) is 10.6 Å². The van der Waals surface area contributed by atoms with E-state index in [2.05, 4.69) is 10.2 Å². The Morgan fingerprint density at radius 2 is 1.91 bits per heavy atom. The van der Waals surface area contributed by atoms with Gasteiger partial charge in [-0.2, -0.15) is 0 Å². The summed E-state index contributed by atoms with van der Waals surface area (Å²) in [6, 6.07) is 2.04. The Balaban J connectivity index is 1.70. The quantitative estimate of drug-likeness (QED) is 0.840. The Hall–Kier alpha value is -1.24. The van der Waals surface area contributed by atoms with E-state index in [4.69, 9.17) is 11.6 Å². The number of piperazine rings is 1. The molecule has 1 aromatic carbocycles. The second kappa shape index (κ2) is 6.48. The summed E-state index contributed by atoms with van der Waals surface area (Å²) in [5, 5.41) is 2.98. The fraction of sp³-hybridized carbons (Fsp3) is 0.533. The first-order valence-corrected chi connectivity index (χ1v) is 7.82. The SMILES string of the molecule is O=C(c1cc(F)c(Cl)cc1F)N1CCC(N2CCNCC2)C1. The Morgan fingerprint density at radius 3 is 2.64 bits per heavy atom. The molecule has 1 unspecified atom stereocenters. The second-order valence-electron chi connectivity index (χ2n) is 5.73. The molecule has 120 valence electrons. The van der Waals surface area contributed by atoms with Crippen molar-refractivity contribution < 1.29 is 13.6 Å². The lowest BCUT2D eigenvalue weighted by Crippen LogP contribution is -2.49. The van der Waals surface area contributed by atoms with Crippen LogP contribution in [0.4, 0.5) is 8.78 Å². The van der Waals surface area contributed by atoms with Gasteiger partial charge in [0.25, 0.3) is 5.91 Å².